The average Bonchev–Trinajstić information content (AvgIpc) is 2.95. The molecule has 2 aromatic rings. The number of nitrogens with zero attached hydrogens (tertiary/aromatic N) is 3. The Morgan fingerprint density at radius 2 is 2.00 bits per heavy atom. The summed E-state index contributed by atoms with van der Waals surface area (Å²) in [6.07, 6.45) is 4.43. The lowest BCUT2D eigenvalue weighted by molar-refractivity contribution is -0.125. The highest BCUT2D eigenvalue weighted by Gasteiger charge is 2.31. The van der Waals surface area contributed by atoms with E-state index in [1.54, 1.807) is 11.8 Å². The number of carbonyl (C=O) groups is 1. The fourth-order valence-corrected chi connectivity index (χ4v) is 4.54. The number of rotatable bonds is 2. The Morgan fingerprint density at radius 1 is 1.21 bits per heavy atom. The highest BCUT2D eigenvalue weighted by atomic mass is 32.2. The van der Waals surface area contributed by atoms with Gasteiger partial charge >= 0.3 is 0 Å². The van der Waals surface area contributed by atoms with Crippen LogP contribution in [0.25, 0.3) is 10.9 Å². The molecule has 2 heterocycles. The normalized spacial score (nSPS) is 19.5. The van der Waals surface area contributed by atoms with E-state index in [1.807, 2.05) is 30.9 Å². The smallest absolute Gasteiger partial charge is 0.239 e. The van der Waals surface area contributed by atoms with Crippen molar-refractivity contribution in [2.24, 2.45) is 4.99 Å². The minimum atomic E-state index is 0.134. The van der Waals surface area contributed by atoms with Gasteiger partial charge in [0, 0.05) is 22.7 Å². The molecule has 1 aromatic heterocycles. The van der Waals surface area contributed by atoms with Crippen LogP contribution in [0.15, 0.2) is 29.3 Å². The van der Waals surface area contributed by atoms with Crippen molar-refractivity contribution in [2.45, 2.75) is 45.6 Å². The first kappa shape index (κ1) is 15.6. The van der Waals surface area contributed by atoms with Crippen LogP contribution in [0.3, 0.4) is 0 Å². The number of benzene rings is 1. The Bertz CT molecular complexity index is 844. The Morgan fingerprint density at radius 3 is 2.83 bits per heavy atom. The van der Waals surface area contributed by atoms with E-state index in [4.69, 9.17) is 9.98 Å². The van der Waals surface area contributed by atoms with Crippen molar-refractivity contribution < 1.29 is 4.79 Å². The van der Waals surface area contributed by atoms with Crippen LogP contribution < -0.4 is 0 Å². The monoisotopic (exact) mass is 339 g/mol. The number of aliphatic imine (C=N–C) groups is 1. The molecule has 1 saturated heterocycles. The summed E-state index contributed by atoms with van der Waals surface area (Å²) < 4.78 is 0. The van der Waals surface area contributed by atoms with E-state index in [2.05, 4.69) is 12.1 Å². The molecule has 0 atom stereocenters. The molecule has 0 saturated carbocycles. The second-order valence-electron chi connectivity index (χ2n) is 6.65. The van der Waals surface area contributed by atoms with Crippen LogP contribution in [0.5, 0.6) is 0 Å². The van der Waals surface area contributed by atoms with Gasteiger partial charge < -0.3 is 0 Å². The van der Waals surface area contributed by atoms with Gasteiger partial charge in [-0.15, -0.1) is 0 Å². The highest BCUT2D eigenvalue weighted by Crippen LogP contribution is 2.37. The fraction of sp³-hybridized carbons (Fsp3) is 0.421. The zero-order valence-corrected chi connectivity index (χ0v) is 14.9. The Hall–Kier alpha value is -1.88. The first-order chi connectivity index (χ1) is 11.6. The van der Waals surface area contributed by atoms with Crippen LogP contribution in [-0.2, 0) is 17.6 Å². The molecule has 124 valence electrons. The van der Waals surface area contributed by atoms with Crippen molar-refractivity contribution in [3.63, 3.8) is 0 Å². The van der Waals surface area contributed by atoms with Crippen LogP contribution in [0.4, 0.5) is 5.69 Å². The van der Waals surface area contributed by atoms with Gasteiger partial charge in [0.1, 0.15) is 0 Å². The first-order valence-electron chi connectivity index (χ1n) is 8.59. The predicted molar refractivity (Wildman–Crippen MR) is 99.9 cm³/mol. The zero-order valence-electron chi connectivity index (χ0n) is 14.1. The molecule has 5 heteroatoms. The molecule has 0 spiro atoms. The number of fused-ring (bicyclic) bond motifs is 2. The van der Waals surface area contributed by atoms with Crippen molar-refractivity contribution in [3.05, 3.63) is 35.5 Å². The first-order valence-corrected chi connectivity index (χ1v) is 9.58. The number of hydrogen-bond acceptors (Lipinski definition) is 4. The molecule has 0 radical (unpaired) electrons. The van der Waals surface area contributed by atoms with E-state index in [0.717, 1.165) is 34.6 Å². The van der Waals surface area contributed by atoms with E-state index in [1.165, 1.54) is 24.1 Å². The van der Waals surface area contributed by atoms with Gasteiger partial charge in [-0.1, -0.05) is 30.0 Å². The lowest BCUT2D eigenvalue weighted by Crippen LogP contribution is -2.35. The lowest BCUT2D eigenvalue weighted by atomic mass is 9.93. The third-order valence-corrected chi connectivity index (χ3v) is 5.60. The number of para-hydroxylation sites is 1. The molecule has 1 amide bonds. The highest BCUT2D eigenvalue weighted by molar-refractivity contribution is 8.15. The number of amidine groups is 1. The maximum atomic E-state index is 12.2. The second kappa shape index (κ2) is 6.20. The summed E-state index contributed by atoms with van der Waals surface area (Å²) in [5.41, 5.74) is 4.49. The number of aromatic nitrogens is 1. The van der Waals surface area contributed by atoms with E-state index < -0.39 is 0 Å². The maximum Gasteiger partial charge on any atom is 0.239 e. The lowest BCUT2D eigenvalue weighted by Gasteiger charge is -2.22. The topological polar surface area (TPSA) is 45.6 Å². The molecular formula is C19H21N3OS. The number of hydrogen-bond donors (Lipinski definition) is 0. The summed E-state index contributed by atoms with van der Waals surface area (Å²) in [6, 6.07) is 8.35. The van der Waals surface area contributed by atoms with E-state index in [0.29, 0.717) is 5.75 Å². The summed E-state index contributed by atoms with van der Waals surface area (Å²) in [5.74, 6) is 0.642. The van der Waals surface area contributed by atoms with Gasteiger partial charge in [-0.05, 0) is 45.6 Å². The van der Waals surface area contributed by atoms with Gasteiger partial charge in [-0.3, -0.25) is 14.7 Å². The summed E-state index contributed by atoms with van der Waals surface area (Å²) in [7, 11) is 0. The van der Waals surface area contributed by atoms with E-state index >= 15 is 0 Å². The SMILES string of the molecule is CC(C)N1C(=O)CSC1=Nc1c2c(nc3ccccc13)CCCC2. The third-order valence-electron chi connectivity index (χ3n) is 4.66. The number of aryl methyl sites for hydroxylation is 1. The summed E-state index contributed by atoms with van der Waals surface area (Å²) in [6.45, 7) is 4.08. The molecule has 0 unspecified atom stereocenters. The number of pyridine rings is 1. The molecule has 0 N–H and O–H groups in total. The quantitative estimate of drug-likeness (QED) is 0.828. The number of thioether (sulfide) groups is 1. The van der Waals surface area contributed by atoms with Crippen LogP contribution in [0, 0.1) is 0 Å². The van der Waals surface area contributed by atoms with Gasteiger partial charge in [0.25, 0.3) is 0 Å². The molecule has 24 heavy (non-hydrogen) atoms. The van der Waals surface area contributed by atoms with Crippen molar-refractivity contribution in [1.29, 1.82) is 0 Å². The molecule has 4 nitrogen and oxygen atoms in total. The summed E-state index contributed by atoms with van der Waals surface area (Å²) in [4.78, 5) is 23.9. The largest absolute Gasteiger partial charge is 0.288 e. The third kappa shape index (κ3) is 2.61. The molecule has 4 rings (SSSR count). The zero-order chi connectivity index (χ0) is 16.7. The molecule has 1 aromatic carbocycles. The van der Waals surface area contributed by atoms with E-state index in [-0.39, 0.29) is 11.9 Å². The molecule has 1 aliphatic carbocycles. The van der Waals surface area contributed by atoms with Crippen LogP contribution in [0.2, 0.25) is 0 Å². The summed E-state index contributed by atoms with van der Waals surface area (Å²) >= 11 is 1.55. The molecular weight excluding hydrogens is 318 g/mol. The van der Waals surface area contributed by atoms with Gasteiger partial charge in [-0.25, -0.2) is 4.99 Å². The van der Waals surface area contributed by atoms with Crippen molar-refractivity contribution in [1.82, 2.24) is 9.88 Å². The van der Waals surface area contributed by atoms with Crippen LogP contribution in [-0.4, -0.2) is 32.8 Å². The Kier molecular flexibility index (Phi) is 4.04. The second-order valence-corrected chi connectivity index (χ2v) is 7.59. The molecule has 0 bridgehead atoms. The number of carbonyl (C=O) groups excluding carboxylic acids is 1. The van der Waals surface area contributed by atoms with Crippen molar-refractivity contribution in [2.75, 3.05) is 5.75 Å². The van der Waals surface area contributed by atoms with Gasteiger partial charge in [0.15, 0.2) is 5.17 Å². The minimum Gasteiger partial charge on any atom is -0.288 e. The maximum absolute atomic E-state index is 12.2. The molecule has 1 fully saturated rings. The predicted octanol–water partition coefficient (Wildman–Crippen LogP) is 4.08. The van der Waals surface area contributed by atoms with E-state index in [9.17, 15) is 4.79 Å². The minimum absolute atomic E-state index is 0.134. The van der Waals surface area contributed by atoms with Gasteiger partial charge in [-0.2, -0.15) is 0 Å². The fourth-order valence-electron chi connectivity index (χ4n) is 3.54. The van der Waals surface area contributed by atoms with Gasteiger partial charge in [0.05, 0.1) is 17.0 Å². The number of amides is 1. The molecule has 1 aliphatic heterocycles. The average molecular weight is 339 g/mol. The standard InChI is InChI=1S/C19H21N3OS/c1-12(2)22-17(23)11-24-19(22)21-18-13-7-3-5-9-15(13)20-16-10-6-4-8-14(16)18/h3,5,7,9,12H,4,6,8,10-11H2,1-2H3. The van der Waals surface area contributed by atoms with Crippen LogP contribution in [0.1, 0.15) is 37.9 Å². The van der Waals surface area contributed by atoms with Crippen LogP contribution >= 0.6 is 11.8 Å². The van der Waals surface area contributed by atoms with Crippen molar-refractivity contribution >= 4 is 39.4 Å². The van der Waals surface area contributed by atoms with Gasteiger partial charge in [0.2, 0.25) is 5.91 Å². The Labute approximate surface area is 146 Å². The molecule has 2 aliphatic rings. The van der Waals surface area contributed by atoms with Crippen molar-refractivity contribution in [3.8, 4) is 0 Å². The Balaban J connectivity index is 1.92. The summed E-state index contributed by atoms with van der Waals surface area (Å²) in [5, 5.41) is 1.92.